The lowest BCUT2D eigenvalue weighted by atomic mass is 10.1. The number of carbonyl (C=O) groups excluding carboxylic acids is 4. The van der Waals surface area contributed by atoms with Crippen LogP contribution in [0.1, 0.15) is 95.2 Å². The fraction of sp³-hybridized carbons (Fsp3) is 0.550. The Morgan fingerprint density at radius 2 is 1.48 bits per heavy atom. The topological polar surface area (TPSA) is 242 Å². The third-order valence-electron chi connectivity index (χ3n) is 7.04. The van der Waals surface area contributed by atoms with E-state index in [-0.39, 0.29) is 23.0 Å². The van der Waals surface area contributed by atoms with E-state index in [2.05, 4.69) is 25.8 Å². The number of aromatic nitrogens is 3. The van der Waals surface area contributed by atoms with Crippen molar-refractivity contribution in [2.24, 2.45) is 17.2 Å². The number of benzene rings is 1. The van der Waals surface area contributed by atoms with Crippen LogP contribution in [0.5, 0.6) is 5.75 Å². The van der Waals surface area contributed by atoms with Crippen LogP contribution in [0.4, 0.5) is 19.5 Å². The average Bonchev–Trinajstić information content (AvgIpc) is 3.67. The van der Waals surface area contributed by atoms with Crippen LogP contribution in [0.2, 0.25) is 0 Å². The van der Waals surface area contributed by atoms with Crippen molar-refractivity contribution < 1.29 is 62.6 Å². The van der Waals surface area contributed by atoms with E-state index in [1.807, 2.05) is 0 Å². The molecule has 0 unspecified atom stereocenters. The molecule has 1 aromatic carbocycles. The van der Waals surface area contributed by atoms with E-state index in [1.54, 1.807) is 130 Å². The van der Waals surface area contributed by atoms with E-state index in [1.165, 1.54) is 5.38 Å². The largest absolute Gasteiger partial charge is 0.489 e. The number of carboxylic acid groups (broad SMARTS) is 1. The van der Waals surface area contributed by atoms with Gasteiger partial charge in [-0.05, 0) is 119 Å². The van der Waals surface area contributed by atoms with Crippen molar-refractivity contribution in [3.63, 3.8) is 0 Å². The summed E-state index contributed by atoms with van der Waals surface area (Å²) in [5, 5.41) is 20.1. The Kier molecular flexibility index (Phi) is 16.6. The van der Waals surface area contributed by atoms with Gasteiger partial charge in [0.25, 0.3) is 6.10 Å². The van der Waals surface area contributed by atoms with Gasteiger partial charge in [-0.3, -0.25) is 10.2 Å². The molecule has 2 aromatic heterocycles. The van der Waals surface area contributed by atoms with Gasteiger partial charge in [0, 0.05) is 31.7 Å². The molecule has 61 heavy (non-hydrogen) atoms. The smallest absolute Gasteiger partial charge is 0.438 e. The lowest BCUT2D eigenvalue weighted by Gasteiger charge is -2.23. The Balaban J connectivity index is 1.82. The first kappa shape index (κ1) is 49.4. The standard InChI is InChI=1S/C40H57N7O13S/c1-37(2,3)55-31(50)28(58-45-29(30(48)49)26-23-61-32(42-26)43-35(52)56-38(4,5)6)22-54-25-17-15-24(16-18-25)27-21-47(20-14-19-41-34(51)59-60-40(10,11)12)33(46(27)13)44-36(53)57-39(7,8)9/h15-18,21,23,28H,14,19-20,22H2,1-13H3,(H,41,51)(H,48,49)(H,42,43,52)/b44-33-,45-29-/t28-/m0/s1. The Bertz CT molecular complexity index is 2110. The highest BCUT2D eigenvalue weighted by Crippen LogP contribution is 2.23. The SMILES string of the molecule is Cn1c(-c2ccc(OC[C@H](O/N=C(\C(=O)O)c3csc(NC(=O)OC(C)(C)C)n3)C(=O)OC(C)(C)C)cc2)cn(CCCNC(=O)OOC(C)(C)C)/c1=N\C(=O)OC(C)(C)C. The van der Waals surface area contributed by atoms with Crippen molar-refractivity contribution in [2.45, 2.75) is 125 Å². The first-order valence-corrected chi connectivity index (χ1v) is 20.0. The number of oxime groups is 1. The summed E-state index contributed by atoms with van der Waals surface area (Å²) in [7, 11) is 1.73. The van der Waals surface area contributed by atoms with E-state index < -0.39 is 71.0 Å². The van der Waals surface area contributed by atoms with Crippen molar-refractivity contribution in [2.75, 3.05) is 18.5 Å². The van der Waals surface area contributed by atoms with Crippen molar-refractivity contribution >= 4 is 52.4 Å². The number of carbonyl (C=O) groups is 5. The molecule has 3 amide bonds. The first-order valence-electron chi connectivity index (χ1n) is 19.2. The minimum atomic E-state index is -1.52. The summed E-state index contributed by atoms with van der Waals surface area (Å²) in [5.41, 5.74) is -2.28. The quantitative estimate of drug-likeness (QED) is 0.0365. The molecular formula is C40H57N7O13S. The van der Waals surface area contributed by atoms with Crippen LogP contribution in [0.15, 0.2) is 46.0 Å². The molecule has 3 N–H and O–H groups in total. The molecule has 21 heteroatoms. The maximum Gasteiger partial charge on any atom is 0.438 e. The number of hydrogen-bond acceptors (Lipinski definition) is 15. The summed E-state index contributed by atoms with van der Waals surface area (Å²) >= 11 is 0.930. The van der Waals surface area contributed by atoms with Crippen molar-refractivity contribution in [3.05, 3.63) is 47.2 Å². The van der Waals surface area contributed by atoms with Gasteiger partial charge in [0.2, 0.25) is 11.3 Å². The number of aliphatic carboxylic acids is 1. The molecule has 3 rings (SSSR count). The van der Waals surface area contributed by atoms with E-state index in [9.17, 15) is 29.1 Å². The molecule has 3 aromatic rings. The number of aryl methyl sites for hydroxylation is 1. The summed E-state index contributed by atoms with van der Waals surface area (Å²) < 4.78 is 25.5. The minimum Gasteiger partial charge on any atom is -0.489 e. The van der Waals surface area contributed by atoms with Crippen LogP contribution in [0, 0.1) is 0 Å². The Morgan fingerprint density at radius 1 is 0.852 bits per heavy atom. The number of anilines is 1. The number of hydrogen-bond donors (Lipinski definition) is 3. The van der Waals surface area contributed by atoms with Crippen molar-refractivity contribution in [1.82, 2.24) is 19.4 Å². The number of amides is 3. The Morgan fingerprint density at radius 3 is 2.05 bits per heavy atom. The molecule has 0 saturated heterocycles. The third kappa shape index (κ3) is 17.7. The second kappa shape index (κ2) is 20.5. The summed E-state index contributed by atoms with van der Waals surface area (Å²) in [6.07, 6.45) is -1.59. The maximum atomic E-state index is 13.2. The highest BCUT2D eigenvalue weighted by atomic mass is 32.1. The average molecular weight is 876 g/mol. The van der Waals surface area contributed by atoms with Crippen LogP contribution < -0.4 is 21.0 Å². The zero-order valence-electron chi connectivity index (χ0n) is 36.9. The molecule has 336 valence electrons. The number of esters is 1. The van der Waals surface area contributed by atoms with Gasteiger partial charge in [0.1, 0.15) is 40.5 Å². The fourth-order valence-corrected chi connectivity index (χ4v) is 5.39. The molecule has 2 heterocycles. The van der Waals surface area contributed by atoms with Crippen LogP contribution in [0.25, 0.3) is 11.3 Å². The van der Waals surface area contributed by atoms with Crippen LogP contribution in [0.3, 0.4) is 0 Å². The molecule has 0 bridgehead atoms. The van der Waals surface area contributed by atoms with Crippen LogP contribution in [-0.4, -0.2) is 96.8 Å². The number of carboxylic acids is 1. The summed E-state index contributed by atoms with van der Waals surface area (Å²) in [6.45, 7) is 20.6. The predicted octanol–water partition coefficient (Wildman–Crippen LogP) is 6.57. The van der Waals surface area contributed by atoms with Crippen molar-refractivity contribution in [1.29, 1.82) is 0 Å². The van der Waals surface area contributed by atoms with Gasteiger partial charge in [0.15, 0.2) is 5.13 Å². The second-order valence-corrected chi connectivity index (χ2v) is 18.2. The van der Waals surface area contributed by atoms with Gasteiger partial charge < -0.3 is 43.3 Å². The van der Waals surface area contributed by atoms with Crippen LogP contribution >= 0.6 is 11.3 Å². The second-order valence-electron chi connectivity index (χ2n) is 17.4. The number of nitrogens with one attached hydrogen (secondary N) is 2. The summed E-state index contributed by atoms with van der Waals surface area (Å²) in [4.78, 5) is 86.0. The molecule has 20 nitrogen and oxygen atoms in total. The molecule has 0 spiro atoms. The minimum absolute atomic E-state index is 0.0476. The van der Waals surface area contributed by atoms with Gasteiger partial charge in [-0.2, -0.15) is 4.89 Å². The van der Waals surface area contributed by atoms with Gasteiger partial charge in [0.05, 0.1) is 5.69 Å². The molecule has 0 aliphatic rings. The highest BCUT2D eigenvalue weighted by Gasteiger charge is 2.30. The Labute approximate surface area is 358 Å². The Hall–Kier alpha value is -5.96. The monoisotopic (exact) mass is 875 g/mol. The molecule has 0 aliphatic carbocycles. The van der Waals surface area contributed by atoms with E-state index in [0.717, 1.165) is 11.3 Å². The molecular weight excluding hydrogens is 819 g/mol. The number of ether oxygens (including phenoxy) is 4. The fourth-order valence-electron chi connectivity index (χ4n) is 4.71. The molecule has 0 saturated carbocycles. The highest BCUT2D eigenvalue weighted by molar-refractivity contribution is 7.14. The van der Waals surface area contributed by atoms with Gasteiger partial charge in [-0.1, -0.05) is 5.16 Å². The summed E-state index contributed by atoms with van der Waals surface area (Å²) in [6, 6.07) is 6.76. The zero-order chi connectivity index (χ0) is 45.9. The molecule has 0 aliphatic heterocycles. The lowest BCUT2D eigenvalue weighted by Crippen LogP contribution is -2.37. The zero-order valence-corrected chi connectivity index (χ0v) is 37.7. The van der Waals surface area contributed by atoms with Gasteiger partial charge in [-0.15, -0.1) is 16.3 Å². The van der Waals surface area contributed by atoms with E-state index in [4.69, 9.17) is 33.6 Å². The maximum absolute atomic E-state index is 13.2. The molecule has 0 radical (unpaired) electrons. The van der Waals surface area contributed by atoms with E-state index in [0.29, 0.717) is 30.0 Å². The number of rotatable bonds is 15. The molecule has 1 atom stereocenters. The normalized spacial score (nSPS) is 13.2. The number of nitrogens with zero attached hydrogens (tertiary/aromatic N) is 5. The first-order chi connectivity index (χ1) is 28.1. The third-order valence-corrected chi connectivity index (χ3v) is 7.80. The molecule has 0 fully saturated rings. The number of imidazole rings is 1. The lowest BCUT2D eigenvalue weighted by molar-refractivity contribution is -0.300. The van der Waals surface area contributed by atoms with Gasteiger partial charge in [-0.25, -0.2) is 29.0 Å². The number of thiazole rings is 1. The predicted molar refractivity (Wildman–Crippen MR) is 223 cm³/mol. The van der Waals surface area contributed by atoms with Crippen LogP contribution in [-0.2, 0) is 52.0 Å². The van der Waals surface area contributed by atoms with Gasteiger partial charge >= 0.3 is 30.2 Å². The van der Waals surface area contributed by atoms with Crippen molar-refractivity contribution in [3.8, 4) is 17.0 Å². The van der Waals surface area contributed by atoms with E-state index >= 15 is 0 Å². The summed E-state index contributed by atoms with van der Waals surface area (Å²) in [5.74, 6) is -2.07.